The SMILES string of the molecule is C=C(C=C(C)[C](F)=[W])C(=O)OC. The molecule has 0 aromatic rings. The number of esters is 1. The van der Waals surface area contributed by atoms with Crippen molar-refractivity contribution in [3.63, 3.8) is 0 Å². The Kier molecular flexibility index (Phi) is 4.91. The quantitative estimate of drug-likeness (QED) is 0.440. The summed E-state index contributed by atoms with van der Waals surface area (Å²) < 4.78 is 16.6. The molecule has 0 aliphatic heterocycles. The molecule has 0 atom stereocenters. The number of ether oxygens (including phenoxy) is 1. The van der Waals surface area contributed by atoms with Gasteiger partial charge in [0.15, 0.2) is 0 Å². The second kappa shape index (κ2) is 5.15. The summed E-state index contributed by atoms with van der Waals surface area (Å²) in [5.74, 6) is -0.536. The number of rotatable bonds is 3. The number of hydrogen-bond donors (Lipinski definition) is 0. The fourth-order valence-electron chi connectivity index (χ4n) is 0.508. The van der Waals surface area contributed by atoms with Crippen LogP contribution in [-0.4, -0.2) is 17.2 Å². The van der Waals surface area contributed by atoms with Gasteiger partial charge in [-0.2, -0.15) is 0 Å². The topological polar surface area (TPSA) is 26.3 Å². The summed E-state index contributed by atoms with van der Waals surface area (Å²) in [4.78, 5) is 10.8. The van der Waals surface area contributed by atoms with Crippen LogP contribution in [-0.2, 0) is 28.9 Å². The second-order valence-electron chi connectivity index (χ2n) is 2.12. The summed E-state index contributed by atoms with van der Waals surface area (Å²) in [7, 11) is 1.26. The van der Waals surface area contributed by atoms with Gasteiger partial charge in [0.1, 0.15) is 0 Å². The number of allylic oxidation sites excluding steroid dienone is 1. The molecule has 0 amide bonds. The van der Waals surface area contributed by atoms with E-state index >= 15 is 0 Å². The summed E-state index contributed by atoms with van der Waals surface area (Å²) >= 11 is 0.733. The van der Waals surface area contributed by atoms with Crippen LogP contribution in [0.25, 0.3) is 0 Å². The molecule has 0 radical (unpaired) electrons. The molecule has 0 heterocycles. The van der Waals surface area contributed by atoms with Crippen molar-refractivity contribution in [3.05, 3.63) is 23.8 Å². The van der Waals surface area contributed by atoms with Crippen molar-refractivity contribution in [2.75, 3.05) is 7.11 Å². The summed E-state index contributed by atoms with van der Waals surface area (Å²) in [6, 6.07) is 0. The van der Waals surface area contributed by atoms with Gasteiger partial charge in [0, 0.05) is 0 Å². The molecule has 0 aromatic carbocycles. The maximum atomic E-state index is 12.5. The van der Waals surface area contributed by atoms with Crippen LogP contribution in [0.3, 0.4) is 0 Å². The Bertz CT molecular complexity index is 256. The van der Waals surface area contributed by atoms with E-state index in [4.69, 9.17) is 0 Å². The zero-order chi connectivity index (χ0) is 9.72. The maximum absolute atomic E-state index is 12.5. The molecule has 0 spiro atoms. The fraction of sp³-hybridized carbons (Fsp3) is 0.250. The Balaban J connectivity index is 4.44. The van der Waals surface area contributed by atoms with E-state index in [9.17, 15) is 9.18 Å². The van der Waals surface area contributed by atoms with Gasteiger partial charge in [-0.15, -0.1) is 0 Å². The average molecular weight is 340 g/mol. The first-order chi connectivity index (χ1) is 5.49. The van der Waals surface area contributed by atoms with Crippen molar-refractivity contribution in [1.82, 2.24) is 0 Å². The number of halogens is 1. The standard InChI is InChI=1S/C8H9FO2.W/c1-6(5-9)4-7(2)8(10)11-3;/h4H,2H2,1,3H3;. The molecule has 2 nitrogen and oxygen atoms in total. The first-order valence-electron chi connectivity index (χ1n) is 3.14. The van der Waals surface area contributed by atoms with E-state index < -0.39 is 5.97 Å². The van der Waals surface area contributed by atoms with E-state index in [-0.39, 0.29) is 9.72 Å². The van der Waals surface area contributed by atoms with Gasteiger partial charge in [-0.1, -0.05) is 0 Å². The van der Waals surface area contributed by atoms with Crippen molar-refractivity contribution in [2.45, 2.75) is 6.92 Å². The van der Waals surface area contributed by atoms with E-state index in [2.05, 4.69) is 11.3 Å². The third kappa shape index (κ3) is 3.72. The Labute approximate surface area is 81.5 Å². The zero-order valence-corrected chi connectivity index (χ0v) is 9.82. The van der Waals surface area contributed by atoms with E-state index in [1.807, 2.05) is 0 Å². The van der Waals surface area contributed by atoms with E-state index in [0.29, 0.717) is 5.57 Å². The van der Waals surface area contributed by atoms with Crippen LogP contribution in [0.1, 0.15) is 6.92 Å². The van der Waals surface area contributed by atoms with Crippen LogP contribution in [0.2, 0.25) is 0 Å². The van der Waals surface area contributed by atoms with E-state index in [1.54, 1.807) is 6.92 Å². The Morgan fingerprint density at radius 1 is 1.67 bits per heavy atom. The Hall–Kier alpha value is -0.562. The van der Waals surface area contributed by atoms with Crippen molar-refractivity contribution >= 4 is 10.1 Å². The first kappa shape index (κ1) is 11.4. The third-order valence-corrected chi connectivity index (χ3v) is 2.31. The summed E-state index contributed by atoms with van der Waals surface area (Å²) in [6.45, 7) is 5.01. The summed E-state index contributed by atoms with van der Waals surface area (Å²) in [5.41, 5.74) is 0.576. The molecular formula is C8H9FO2W. The number of carbonyl (C=O) groups is 1. The Morgan fingerprint density at radius 2 is 2.17 bits per heavy atom. The molecule has 0 saturated carbocycles. The van der Waals surface area contributed by atoms with Crippen LogP contribution in [0, 0.1) is 0 Å². The number of methoxy groups -OCH3 is 1. The molecule has 0 bridgehead atoms. The van der Waals surface area contributed by atoms with Crippen molar-refractivity contribution in [2.24, 2.45) is 0 Å². The van der Waals surface area contributed by atoms with Crippen molar-refractivity contribution in [3.8, 4) is 0 Å². The van der Waals surface area contributed by atoms with E-state index in [0.717, 1.165) is 19.4 Å². The monoisotopic (exact) mass is 340 g/mol. The molecule has 66 valence electrons. The van der Waals surface area contributed by atoms with Gasteiger partial charge in [0.2, 0.25) is 0 Å². The van der Waals surface area contributed by atoms with Gasteiger partial charge in [-0.05, 0) is 0 Å². The van der Waals surface area contributed by atoms with Crippen molar-refractivity contribution < 1.29 is 33.3 Å². The first-order valence-corrected chi connectivity index (χ1v) is 4.61. The molecule has 0 saturated heterocycles. The second-order valence-corrected chi connectivity index (χ2v) is 3.41. The molecule has 0 fully saturated rings. The van der Waals surface area contributed by atoms with Gasteiger partial charge in [-0.25, -0.2) is 0 Å². The molecular weight excluding hydrogens is 331 g/mol. The molecule has 0 aliphatic carbocycles. The molecule has 12 heavy (non-hydrogen) atoms. The third-order valence-electron chi connectivity index (χ3n) is 1.15. The molecule has 0 unspecified atom stereocenters. The van der Waals surface area contributed by atoms with Crippen LogP contribution in [0.4, 0.5) is 4.39 Å². The molecule has 0 aromatic heterocycles. The normalized spacial score (nSPS) is 10.8. The molecule has 0 aliphatic rings. The zero-order valence-electron chi connectivity index (χ0n) is 6.89. The van der Waals surface area contributed by atoms with Gasteiger partial charge in [-0.3, -0.25) is 0 Å². The minimum atomic E-state index is -0.536. The fourth-order valence-corrected chi connectivity index (χ4v) is 0.720. The molecule has 0 rings (SSSR count). The predicted molar refractivity (Wildman–Crippen MR) is 41.0 cm³/mol. The van der Waals surface area contributed by atoms with Crippen LogP contribution in [0.5, 0.6) is 0 Å². The van der Waals surface area contributed by atoms with Crippen LogP contribution >= 0.6 is 0 Å². The van der Waals surface area contributed by atoms with Gasteiger partial charge >= 0.3 is 81.2 Å². The van der Waals surface area contributed by atoms with Gasteiger partial charge < -0.3 is 0 Å². The van der Waals surface area contributed by atoms with Crippen LogP contribution < -0.4 is 0 Å². The summed E-state index contributed by atoms with van der Waals surface area (Å²) in [6.07, 6.45) is 1.37. The van der Waals surface area contributed by atoms with Gasteiger partial charge in [0.05, 0.1) is 0 Å². The van der Waals surface area contributed by atoms with E-state index in [1.165, 1.54) is 13.2 Å². The molecule has 0 N–H and O–H groups in total. The summed E-state index contributed by atoms with van der Waals surface area (Å²) in [5, 5.41) is 0. The van der Waals surface area contributed by atoms with Crippen molar-refractivity contribution in [1.29, 1.82) is 0 Å². The Morgan fingerprint density at radius 3 is 2.50 bits per heavy atom. The minimum absolute atomic E-state index is 0.159. The average Bonchev–Trinajstić information content (AvgIpc) is 2.02. The number of hydrogen-bond acceptors (Lipinski definition) is 2. The number of carbonyl (C=O) groups excluding carboxylic acids is 1. The van der Waals surface area contributed by atoms with Gasteiger partial charge in [0.25, 0.3) is 0 Å². The predicted octanol–water partition coefficient (Wildman–Crippen LogP) is 1.31. The molecule has 4 heteroatoms. The van der Waals surface area contributed by atoms with Crippen LogP contribution in [0.15, 0.2) is 23.8 Å².